The quantitative estimate of drug-likeness (QED) is 0.441. The van der Waals surface area contributed by atoms with E-state index in [1.807, 2.05) is 24.4 Å². The third kappa shape index (κ3) is 6.85. The molecular weight excluding hydrogens is 426 g/mol. The Morgan fingerprint density at radius 2 is 2.12 bits per heavy atom. The van der Waals surface area contributed by atoms with Crippen molar-refractivity contribution in [2.75, 3.05) is 38.2 Å². The lowest BCUT2D eigenvalue weighted by atomic mass is 10.0. The molecule has 0 radical (unpaired) electrons. The van der Waals surface area contributed by atoms with E-state index in [0.717, 1.165) is 67.3 Å². The van der Waals surface area contributed by atoms with Crippen molar-refractivity contribution in [2.24, 2.45) is 16.6 Å². The maximum atomic E-state index is 12.6. The summed E-state index contributed by atoms with van der Waals surface area (Å²) in [7, 11) is 0. The van der Waals surface area contributed by atoms with Crippen molar-refractivity contribution in [1.29, 1.82) is 0 Å². The summed E-state index contributed by atoms with van der Waals surface area (Å²) < 4.78 is 5.42. The number of nitrogens with two attached hydrogens (primary N) is 1. The number of aryl methyl sites for hydroxylation is 1. The van der Waals surface area contributed by atoms with Crippen molar-refractivity contribution >= 4 is 29.5 Å². The number of morpholine rings is 1. The standard InChI is InChI=1S/C27H33N5O2/c1-20-14-25(6-4-23(20)19-32-10-12-34-13-11-32)31-27(33)7-5-22-17-29-9-8-26(22)24(15-28)18-30-16-21-2-3-21/h4-9,14-15,17-18,21H,2-3,10-13,16,19,28H2,1H3,(H,31,33)/b7-5+,24-15?,30-18?. The number of amides is 1. The van der Waals surface area contributed by atoms with Gasteiger partial charge in [-0.2, -0.15) is 0 Å². The fourth-order valence-electron chi connectivity index (χ4n) is 3.91. The zero-order chi connectivity index (χ0) is 23.8. The van der Waals surface area contributed by atoms with Crippen LogP contribution in [0.4, 0.5) is 5.69 Å². The minimum Gasteiger partial charge on any atom is -0.404 e. The van der Waals surface area contributed by atoms with E-state index in [-0.39, 0.29) is 5.91 Å². The average Bonchev–Trinajstić information content (AvgIpc) is 3.68. The first-order valence-corrected chi connectivity index (χ1v) is 11.9. The number of hydrogen-bond donors (Lipinski definition) is 2. The number of pyridine rings is 1. The number of aromatic nitrogens is 1. The van der Waals surface area contributed by atoms with Gasteiger partial charge in [0.15, 0.2) is 0 Å². The maximum absolute atomic E-state index is 12.6. The van der Waals surface area contributed by atoms with Gasteiger partial charge in [-0.25, -0.2) is 0 Å². The predicted octanol–water partition coefficient (Wildman–Crippen LogP) is 3.65. The van der Waals surface area contributed by atoms with Crippen LogP contribution in [-0.2, 0) is 16.1 Å². The molecule has 1 amide bonds. The van der Waals surface area contributed by atoms with Gasteiger partial charge in [-0.3, -0.25) is 19.7 Å². The molecule has 2 aromatic rings. The van der Waals surface area contributed by atoms with Gasteiger partial charge in [0.05, 0.1) is 13.2 Å². The van der Waals surface area contributed by atoms with Gasteiger partial charge >= 0.3 is 0 Å². The van der Waals surface area contributed by atoms with Crippen LogP contribution in [0.25, 0.3) is 11.6 Å². The first-order chi connectivity index (χ1) is 16.6. The number of rotatable bonds is 9. The molecule has 2 aliphatic rings. The Balaban J connectivity index is 1.38. The van der Waals surface area contributed by atoms with Gasteiger partial charge in [-0.05, 0) is 66.6 Å². The monoisotopic (exact) mass is 459 g/mol. The summed E-state index contributed by atoms with van der Waals surface area (Å²) in [6, 6.07) is 7.94. The topological polar surface area (TPSA) is 92.8 Å². The van der Waals surface area contributed by atoms with Gasteiger partial charge in [-0.1, -0.05) is 6.07 Å². The smallest absolute Gasteiger partial charge is 0.248 e. The van der Waals surface area contributed by atoms with Gasteiger partial charge in [0.25, 0.3) is 0 Å². The number of benzene rings is 1. The van der Waals surface area contributed by atoms with E-state index in [1.54, 1.807) is 24.7 Å². The van der Waals surface area contributed by atoms with E-state index in [1.165, 1.54) is 24.5 Å². The van der Waals surface area contributed by atoms with Crippen molar-refractivity contribution in [3.63, 3.8) is 0 Å². The molecule has 7 nitrogen and oxygen atoms in total. The summed E-state index contributed by atoms with van der Waals surface area (Å²) in [5.74, 6) is 0.517. The molecular formula is C27H33N5O2. The Morgan fingerprint density at radius 1 is 1.29 bits per heavy atom. The fourth-order valence-corrected chi connectivity index (χ4v) is 3.91. The van der Waals surface area contributed by atoms with Gasteiger partial charge in [0, 0.05) is 73.9 Å². The molecule has 1 aromatic carbocycles. The van der Waals surface area contributed by atoms with Crippen molar-refractivity contribution in [1.82, 2.24) is 9.88 Å². The van der Waals surface area contributed by atoms with E-state index in [0.29, 0.717) is 5.92 Å². The zero-order valence-electron chi connectivity index (χ0n) is 19.7. The molecule has 0 spiro atoms. The number of nitrogens with zero attached hydrogens (tertiary/aromatic N) is 3. The van der Waals surface area contributed by atoms with E-state index in [2.05, 4.69) is 33.2 Å². The molecule has 2 fully saturated rings. The lowest BCUT2D eigenvalue weighted by Gasteiger charge is -2.27. The summed E-state index contributed by atoms with van der Waals surface area (Å²) in [6.07, 6.45) is 12.6. The minimum absolute atomic E-state index is 0.198. The first-order valence-electron chi connectivity index (χ1n) is 11.9. The average molecular weight is 460 g/mol. The molecule has 34 heavy (non-hydrogen) atoms. The number of hydrogen-bond acceptors (Lipinski definition) is 6. The molecule has 7 heteroatoms. The highest BCUT2D eigenvalue weighted by atomic mass is 16.5. The molecule has 4 rings (SSSR count). The van der Waals surface area contributed by atoms with Gasteiger partial charge in [-0.15, -0.1) is 0 Å². The van der Waals surface area contributed by atoms with Crippen LogP contribution in [-0.4, -0.2) is 54.9 Å². The molecule has 1 saturated carbocycles. The normalized spacial score (nSPS) is 17.5. The summed E-state index contributed by atoms with van der Waals surface area (Å²) in [6.45, 7) is 7.28. The third-order valence-electron chi connectivity index (χ3n) is 6.16. The fraction of sp³-hybridized carbons (Fsp3) is 0.370. The van der Waals surface area contributed by atoms with Crippen LogP contribution >= 0.6 is 0 Å². The number of nitrogens with one attached hydrogen (secondary N) is 1. The number of ether oxygens (including phenoxy) is 1. The lowest BCUT2D eigenvalue weighted by molar-refractivity contribution is -0.111. The largest absolute Gasteiger partial charge is 0.404 e. The summed E-state index contributed by atoms with van der Waals surface area (Å²) in [5.41, 5.74) is 11.6. The Bertz CT molecular complexity index is 1080. The Hall–Kier alpha value is -3.29. The zero-order valence-corrected chi connectivity index (χ0v) is 19.7. The molecule has 1 aliphatic carbocycles. The minimum atomic E-state index is -0.198. The van der Waals surface area contributed by atoms with Crippen LogP contribution in [0.15, 0.2) is 53.9 Å². The Kier molecular flexibility index (Phi) is 8.22. The highest BCUT2D eigenvalue weighted by Crippen LogP contribution is 2.29. The van der Waals surface area contributed by atoms with Gasteiger partial charge in [0.2, 0.25) is 5.91 Å². The first kappa shape index (κ1) is 23.9. The highest BCUT2D eigenvalue weighted by Gasteiger charge is 2.20. The van der Waals surface area contributed by atoms with Crippen molar-refractivity contribution < 1.29 is 9.53 Å². The maximum Gasteiger partial charge on any atom is 0.248 e. The van der Waals surface area contributed by atoms with Crippen LogP contribution in [0.5, 0.6) is 0 Å². The number of aliphatic imine (C=N–C) groups is 1. The lowest BCUT2D eigenvalue weighted by Crippen LogP contribution is -2.35. The summed E-state index contributed by atoms with van der Waals surface area (Å²) in [4.78, 5) is 23.7. The van der Waals surface area contributed by atoms with E-state index in [9.17, 15) is 4.79 Å². The number of carbonyl (C=O) groups excluding carboxylic acids is 1. The molecule has 2 heterocycles. The van der Waals surface area contributed by atoms with Crippen LogP contribution in [0.3, 0.4) is 0 Å². The van der Waals surface area contributed by atoms with Crippen LogP contribution < -0.4 is 11.1 Å². The molecule has 1 saturated heterocycles. The SMILES string of the molecule is Cc1cc(NC(=O)/C=C/c2cnccc2C(C=NCC2CC2)=CN)ccc1CN1CCOCC1. The molecule has 0 atom stereocenters. The molecule has 3 N–H and O–H groups in total. The molecule has 1 aliphatic heterocycles. The molecule has 0 bridgehead atoms. The van der Waals surface area contributed by atoms with Crippen molar-refractivity contribution in [3.8, 4) is 0 Å². The van der Waals surface area contributed by atoms with Crippen LogP contribution in [0.1, 0.15) is 35.1 Å². The second-order valence-electron chi connectivity index (χ2n) is 8.87. The second kappa shape index (κ2) is 11.7. The van der Waals surface area contributed by atoms with Gasteiger partial charge < -0.3 is 15.8 Å². The number of anilines is 1. The Labute approximate surface area is 201 Å². The second-order valence-corrected chi connectivity index (χ2v) is 8.87. The van der Waals surface area contributed by atoms with Gasteiger partial charge in [0.1, 0.15) is 0 Å². The molecule has 178 valence electrons. The summed E-state index contributed by atoms with van der Waals surface area (Å²) in [5, 5.41) is 2.95. The molecule has 1 aromatic heterocycles. The predicted molar refractivity (Wildman–Crippen MR) is 137 cm³/mol. The van der Waals surface area contributed by atoms with Crippen LogP contribution in [0, 0.1) is 12.8 Å². The van der Waals surface area contributed by atoms with Crippen molar-refractivity contribution in [3.05, 3.63) is 71.2 Å². The van der Waals surface area contributed by atoms with E-state index in [4.69, 9.17) is 10.5 Å². The van der Waals surface area contributed by atoms with E-state index >= 15 is 0 Å². The summed E-state index contributed by atoms with van der Waals surface area (Å²) >= 11 is 0. The third-order valence-corrected chi connectivity index (χ3v) is 6.16. The van der Waals surface area contributed by atoms with E-state index < -0.39 is 0 Å². The number of carbonyl (C=O) groups is 1. The Morgan fingerprint density at radius 3 is 2.85 bits per heavy atom. The highest BCUT2D eigenvalue weighted by molar-refractivity contribution is 6.11. The molecule has 0 unspecified atom stereocenters. The van der Waals surface area contributed by atoms with Crippen molar-refractivity contribution in [2.45, 2.75) is 26.3 Å². The number of allylic oxidation sites excluding steroid dienone is 1. The van der Waals surface area contributed by atoms with Crippen LogP contribution in [0.2, 0.25) is 0 Å².